The number of carbonyl (C=O) groups is 3. The van der Waals surface area contributed by atoms with Crippen LogP contribution in [-0.2, 0) is 14.4 Å². The summed E-state index contributed by atoms with van der Waals surface area (Å²) >= 11 is 0. The molecule has 0 aromatic heterocycles. The average Bonchev–Trinajstić information content (AvgIpc) is 2.70. The zero-order chi connectivity index (χ0) is 14.3. The number of carbonyl (C=O) groups excluding carboxylic acids is 3. The quantitative estimate of drug-likeness (QED) is 0.754. The lowest BCUT2D eigenvalue weighted by molar-refractivity contribution is -0.128. The molecule has 4 nitrogen and oxygen atoms in total. The Morgan fingerprint density at radius 1 is 1.33 bits per heavy atom. The van der Waals surface area contributed by atoms with Crippen LogP contribution in [0.15, 0.2) is 0 Å². The third-order valence-corrected chi connectivity index (χ3v) is 3.46. The molecule has 104 valence electrons. The summed E-state index contributed by atoms with van der Waals surface area (Å²) in [5.74, 6) is 1.58. The van der Waals surface area contributed by atoms with Crippen molar-refractivity contribution in [3.8, 4) is 0 Å². The Morgan fingerprint density at radius 3 is 2.28 bits per heavy atom. The maximum absolute atomic E-state index is 11.7. The van der Waals surface area contributed by atoms with Gasteiger partial charge in [-0.1, -0.05) is 27.7 Å². The SMILES string of the molecule is C=O.CC(C)C(=O)CCN1CC(C(C)C)CC1=O. The summed E-state index contributed by atoms with van der Waals surface area (Å²) in [7, 11) is 0. The summed E-state index contributed by atoms with van der Waals surface area (Å²) in [4.78, 5) is 33.0. The summed E-state index contributed by atoms with van der Waals surface area (Å²) in [6.45, 7) is 11.6. The van der Waals surface area contributed by atoms with Crippen molar-refractivity contribution in [2.45, 2.75) is 40.5 Å². The molecule has 1 saturated heterocycles. The summed E-state index contributed by atoms with van der Waals surface area (Å²) < 4.78 is 0. The van der Waals surface area contributed by atoms with Crippen LogP contribution >= 0.6 is 0 Å². The smallest absolute Gasteiger partial charge is 0.222 e. The van der Waals surface area contributed by atoms with Gasteiger partial charge in [-0.15, -0.1) is 0 Å². The molecule has 4 heteroatoms. The lowest BCUT2D eigenvalue weighted by atomic mass is 9.95. The van der Waals surface area contributed by atoms with Gasteiger partial charge in [0, 0.05) is 31.8 Å². The van der Waals surface area contributed by atoms with Gasteiger partial charge in [0.25, 0.3) is 0 Å². The number of amides is 1. The van der Waals surface area contributed by atoms with Gasteiger partial charge in [0.15, 0.2) is 0 Å². The molecule has 0 bridgehead atoms. The van der Waals surface area contributed by atoms with Gasteiger partial charge in [0.1, 0.15) is 12.6 Å². The standard InChI is InChI=1S/C13H23NO2.CH2O/c1-9(2)11-7-13(16)14(8-11)6-5-12(15)10(3)4;1-2/h9-11H,5-8H2,1-4H3;1H2. The van der Waals surface area contributed by atoms with Crippen LogP contribution in [0, 0.1) is 17.8 Å². The molecule has 0 spiro atoms. The minimum atomic E-state index is 0.0820. The van der Waals surface area contributed by atoms with E-state index in [2.05, 4.69) is 13.8 Å². The minimum absolute atomic E-state index is 0.0820. The van der Waals surface area contributed by atoms with E-state index >= 15 is 0 Å². The highest BCUT2D eigenvalue weighted by Crippen LogP contribution is 2.24. The van der Waals surface area contributed by atoms with E-state index in [1.165, 1.54) is 0 Å². The van der Waals surface area contributed by atoms with E-state index in [4.69, 9.17) is 4.79 Å². The van der Waals surface area contributed by atoms with Gasteiger partial charge < -0.3 is 9.69 Å². The first-order chi connectivity index (χ1) is 8.41. The first-order valence-corrected chi connectivity index (χ1v) is 6.51. The van der Waals surface area contributed by atoms with E-state index in [0.29, 0.717) is 31.2 Å². The Hall–Kier alpha value is -1.19. The first-order valence-electron chi connectivity index (χ1n) is 6.51. The summed E-state index contributed by atoms with van der Waals surface area (Å²) in [5.41, 5.74) is 0. The van der Waals surface area contributed by atoms with Crippen molar-refractivity contribution in [1.29, 1.82) is 0 Å². The molecule has 0 saturated carbocycles. The van der Waals surface area contributed by atoms with E-state index < -0.39 is 0 Å². The Labute approximate surface area is 110 Å². The van der Waals surface area contributed by atoms with Crippen LogP contribution < -0.4 is 0 Å². The number of ketones is 1. The van der Waals surface area contributed by atoms with Gasteiger partial charge in [0.05, 0.1) is 0 Å². The molecule has 0 radical (unpaired) electrons. The summed E-state index contributed by atoms with van der Waals surface area (Å²) in [5, 5.41) is 0. The summed E-state index contributed by atoms with van der Waals surface area (Å²) in [6, 6.07) is 0. The monoisotopic (exact) mass is 255 g/mol. The van der Waals surface area contributed by atoms with Gasteiger partial charge in [-0.05, 0) is 11.8 Å². The third kappa shape index (κ3) is 4.98. The van der Waals surface area contributed by atoms with Crippen molar-refractivity contribution in [3.63, 3.8) is 0 Å². The maximum Gasteiger partial charge on any atom is 0.222 e. The first kappa shape index (κ1) is 16.8. The molecule has 1 amide bonds. The molecule has 1 fully saturated rings. The molecule has 1 heterocycles. The number of Topliss-reactive ketones (excluding diaryl/α,β-unsaturated/α-hetero) is 1. The van der Waals surface area contributed by atoms with E-state index in [-0.39, 0.29) is 17.6 Å². The average molecular weight is 255 g/mol. The molecule has 0 aliphatic carbocycles. The second-order valence-electron chi connectivity index (χ2n) is 5.42. The van der Waals surface area contributed by atoms with Gasteiger partial charge in [-0.2, -0.15) is 0 Å². The van der Waals surface area contributed by atoms with Gasteiger partial charge >= 0.3 is 0 Å². The lowest BCUT2D eigenvalue weighted by Gasteiger charge is -2.18. The minimum Gasteiger partial charge on any atom is -0.342 e. The fourth-order valence-corrected chi connectivity index (χ4v) is 2.00. The molecule has 1 aliphatic heterocycles. The second-order valence-corrected chi connectivity index (χ2v) is 5.42. The maximum atomic E-state index is 11.7. The molecule has 18 heavy (non-hydrogen) atoms. The Morgan fingerprint density at radius 2 is 1.89 bits per heavy atom. The van der Waals surface area contributed by atoms with Crippen molar-refractivity contribution in [2.24, 2.45) is 17.8 Å². The van der Waals surface area contributed by atoms with Crippen LogP contribution in [0.5, 0.6) is 0 Å². The molecule has 1 atom stereocenters. The van der Waals surface area contributed by atoms with Crippen LogP contribution in [0.2, 0.25) is 0 Å². The van der Waals surface area contributed by atoms with Crippen LogP contribution in [0.4, 0.5) is 0 Å². The molecule has 1 aliphatic rings. The number of rotatable bonds is 5. The van der Waals surface area contributed by atoms with E-state index in [1.54, 1.807) is 0 Å². The van der Waals surface area contributed by atoms with Crippen molar-refractivity contribution >= 4 is 18.5 Å². The van der Waals surface area contributed by atoms with Crippen LogP contribution in [0.3, 0.4) is 0 Å². The largest absolute Gasteiger partial charge is 0.342 e. The molecule has 1 unspecified atom stereocenters. The molecular formula is C14H25NO3. The van der Waals surface area contributed by atoms with Crippen molar-refractivity contribution in [1.82, 2.24) is 4.90 Å². The van der Waals surface area contributed by atoms with E-state index in [1.807, 2.05) is 25.5 Å². The van der Waals surface area contributed by atoms with Crippen LogP contribution in [0.1, 0.15) is 40.5 Å². The normalized spacial score (nSPS) is 19.1. The molecular weight excluding hydrogens is 230 g/mol. The fraction of sp³-hybridized carbons (Fsp3) is 0.786. The molecule has 0 aromatic rings. The van der Waals surface area contributed by atoms with Crippen molar-refractivity contribution in [2.75, 3.05) is 13.1 Å². The Kier molecular flexibility index (Phi) is 7.48. The molecule has 1 rings (SSSR count). The van der Waals surface area contributed by atoms with Gasteiger partial charge in [-0.3, -0.25) is 9.59 Å². The highest BCUT2D eigenvalue weighted by molar-refractivity contribution is 5.82. The lowest BCUT2D eigenvalue weighted by Crippen LogP contribution is -2.29. The third-order valence-electron chi connectivity index (χ3n) is 3.46. The second kappa shape index (κ2) is 8.01. The van der Waals surface area contributed by atoms with Crippen molar-refractivity contribution in [3.05, 3.63) is 0 Å². The molecule has 0 N–H and O–H groups in total. The van der Waals surface area contributed by atoms with Crippen LogP contribution in [0.25, 0.3) is 0 Å². The number of hydrogen-bond donors (Lipinski definition) is 0. The topological polar surface area (TPSA) is 54.5 Å². The van der Waals surface area contributed by atoms with Crippen molar-refractivity contribution < 1.29 is 14.4 Å². The number of nitrogens with zero attached hydrogens (tertiary/aromatic N) is 1. The van der Waals surface area contributed by atoms with E-state index in [0.717, 1.165) is 6.54 Å². The van der Waals surface area contributed by atoms with Crippen LogP contribution in [-0.4, -0.2) is 36.5 Å². The predicted octanol–water partition coefficient (Wildman–Crippen LogP) is 1.92. The highest BCUT2D eigenvalue weighted by atomic mass is 16.2. The zero-order valence-electron chi connectivity index (χ0n) is 11.9. The van der Waals surface area contributed by atoms with Gasteiger partial charge in [-0.25, -0.2) is 0 Å². The van der Waals surface area contributed by atoms with E-state index in [9.17, 15) is 9.59 Å². The highest BCUT2D eigenvalue weighted by Gasteiger charge is 2.31. The zero-order valence-corrected chi connectivity index (χ0v) is 11.9. The fourth-order valence-electron chi connectivity index (χ4n) is 2.00. The van der Waals surface area contributed by atoms with Gasteiger partial charge in [0.2, 0.25) is 5.91 Å². The number of hydrogen-bond acceptors (Lipinski definition) is 3. The summed E-state index contributed by atoms with van der Waals surface area (Å²) in [6.07, 6.45) is 1.17. The number of likely N-dealkylation sites (tertiary alicyclic amines) is 1. The Bertz CT molecular complexity index is 287. The molecule has 0 aromatic carbocycles. The Balaban J connectivity index is 0.00000137. The predicted molar refractivity (Wildman–Crippen MR) is 71.1 cm³/mol.